The lowest BCUT2D eigenvalue weighted by molar-refractivity contribution is 0.255. The van der Waals surface area contributed by atoms with Crippen molar-refractivity contribution in [3.05, 3.63) is 41.4 Å². The topological polar surface area (TPSA) is 42.9 Å². The molecule has 26 heavy (non-hydrogen) atoms. The fraction of sp³-hybridized carbons (Fsp3) is 0.550. The summed E-state index contributed by atoms with van der Waals surface area (Å²) in [5, 5.41) is 7.73. The van der Waals surface area contributed by atoms with Gasteiger partial charge in [0, 0.05) is 56.5 Å². The smallest absolute Gasteiger partial charge is 0.191 e. The van der Waals surface area contributed by atoms with Crippen LogP contribution >= 0.6 is 11.6 Å². The van der Waals surface area contributed by atoms with Crippen LogP contribution in [0.3, 0.4) is 0 Å². The highest BCUT2D eigenvalue weighted by Gasteiger charge is 2.17. The van der Waals surface area contributed by atoms with Crippen LogP contribution in [0.5, 0.6) is 0 Å². The zero-order valence-corrected chi connectivity index (χ0v) is 16.4. The molecule has 2 aliphatic rings. The van der Waals surface area contributed by atoms with Gasteiger partial charge in [-0.05, 0) is 44.0 Å². The Morgan fingerprint density at radius 1 is 1.19 bits per heavy atom. The van der Waals surface area contributed by atoms with Crippen molar-refractivity contribution in [3.8, 4) is 0 Å². The largest absolute Gasteiger partial charge is 0.369 e. The van der Waals surface area contributed by atoms with Crippen molar-refractivity contribution < 1.29 is 0 Å². The van der Waals surface area contributed by atoms with Crippen LogP contribution in [-0.2, 0) is 0 Å². The number of aliphatic imine (C=N–C) groups is 1. The predicted octanol–water partition coefficient (Wildman–Crippen LogP) is 2.74. The number of anilines is 1. The van der Waals surface area contributed by atoms with Crippen LogP contribution in [0, 0.1) is 0 Å². The number of halogens is 1. The van der Waals surface area contributed by atoms with Gasteiger partial charge in [0.05, 0.1) is 0 Å². The average Bonchev–Trinajstić information content (AvgIpc) is 3.18. The summed E-state index contributed by atoms with van der Waals surface area (Å²) >= 11 is 6.11. The molecule has 142 valence electrons. The van der Waals surface area contributed by atoms with E-state index in [1.807, 2.05) is 19.2 Å². The Bertz CT molecular complexity index is 614. The van der Waals surface area contributed by atoms with E-state index in [2.05, 4.69) is 49.7 Å². The molecule has 0 saturated carbocycles. The minimum atomic E-state index is 0.501. The van der Waals surface area contributed by atoms with Crippen LogP contribution in [0.4, 0.5) is 5.69 Å². The third-order valence-electron chi connectivity index (χ3n) is 5.06. The van der Waals surface area contributed by atoms with E-state index < -0.39 is 0 Å². The van der Waals surface area contributed by atoms with Gasteiger partial charge in [0.25, 0.3) is 0 Å². The first kappa shape index (κ1) is 19.1. The molecule has 1 aliphatic carbocycles. The first-order valence-corrected chi connectivity index (χ1v) is 9.97. The Hall–Kier alpha value is -1.72. The molecular weight excluding hydrogens is 346 g/mol. The summed E-state index contributed by atoms with van der Waals surface area (Å²) in [6, 6.07) is 8.66. The second kappa shape index (κ2) is 9.83. The number of piperazine rings is 1. The first-order valence-electron chi connectivity index (χ1n) is 9.59. The molecule has 2 N–H and O–H groups in total. The lowest BCUT2D eigenvalue weighted by Gasteiger charge is -2.36. The standard InChI is InChI=1S/C20H30ClN5/c1-22-20(24-18-7-2-3-8-18)23-10-5-11-25-12-14-26(15-13-25)19-9-4-6-17(21)16-19/h2-4,6,9,16,18H,5,7-8,10-15H2,1H3,(H2,22,23,24). The maximum atomic E-state index is 6.11. The maximum absolute atomic E-state index is 6.11. The van der Waals surface area contributed by atoms with Crippen molar-refractivity contribution in [1.29, 1.82) is 0 Å². The average molecular weight is 376 g/mol. The number of hydrogen-bond acceptors (Lipinski definition) is 3. The minimum absolute atomic E-state index is 0.501. The molecule has 0 atom stereocenters. The number of guanidine groups is 1. The number of nitrogens with one attached hydrogen (secondary N) is 2. The molecular formula is C20H30ClN5. The first-order chi connectivity index (χ1) is 12.7. The maximum Gasteiger partial charge on any atom is 0.191 e. The van der Waals surface area contributed by atoms with Crippen molar-refractivity contribution in [2.75, 3.05) is 51.2 Å². The molecule has 0 amide bonds. The van der Waals surface area contributed by atoms with Crippen molar-refractivity contribution in [2.24, 2.45) is 4.99 Å². The molecule has 1 saturated heterocycles. The molecule has 0 radical (unpaired) electrons. The van der Waals surface area contributed by atoms with Gasteiger partial charge in [-0.2, -0.15) is 0 Å². The van der Waals surface area contributed by atoms with E-state index in [9.17, 15) is 0 Å². The highest BCUT2D eigenvalue weighted by atomic mass is 35.5. The van der Waals surface area contributed by atoms with Crippen LogP contribution in [0.15, 0.2) is 41.4 Å². The lowest BCUT2D eigenvalue weighted by Crippen LogP contribution is -2.47. The van der Waals surface area contributed by atoms with Gasteiger partial charge in [-0.15, -0.1) is 0 Å². The molecule has 1 heterocycles. The Labute approximate surface area is 162 Å². The van der Waals surface area contributed by atoms with Crippen molar-refractivity contribution in [2.45, 2.75) is 25.3 Å². The predicted molar refractivity (Wildman–Crippen MR) is 111 cm³/mol. The molecule has 0 unspecified atom stereocenters. The van der Waals surface area contributed by atoms with Crippen LogP contribution < -0.4 is 15.5 Å². The lowest BCUT2D eigenvalue weighted by atomic mass is 10.2. The van der Waals surface area contributed by atoms with Gasteiger partial charge in [-0.25, -0.2) is 0 Å². The third kappa shape index (κ3) is 5.64. The number of hydrogen-bond donors (Lipinski definition) is 2. The molecule has 1 aromatic carbocycles. The Balaban J connectivity index is 1.31. The summed E-state index contributed by atoms with van der Waals surface area (Å²) in [6.07, 6.45) is 7.78. The number of benzene rings is 1. The zero-order valence-electron chi connectivity index (χ0n) is 15.6. The summed E-state index contributed by atoms with van der Waals surface area (Å²) in [6.45, 7) is 6.41. The summed E-state index contributed by atoms with van der Waals surface area (Å²) in [5.74, 6) is 0.921. The van der Waals surface area contributed by atoms with E-state index in [0.717, 1.165) is 69.5 Å². The van der Waals surface area contributed by atoms with Gasteiger partial charge in [0.15, 0.2) is 5.96 Å². The van der Waals surface area contributed by atoms with E-state index in [4.69, 9.17) is 11.6 Å². The van der Waals surface area contributed by atoms with E-state index in [1.165, 1.54) is 5.69 Å². The minimum Gasteiger partial charge on any atom is -0.369 e. The summed E-state index contributed by atoms with van der Waals surface area (Å²) < 4.78 is 0. The monoisotopic (exact) mass is 375 g/mol. The van der Waals surface area contributed by atoms with E-state index >= 15 is 0 Å². The SMILES string of the molecule is CN=C(NCCCN1CCN(c2cccc(Cl)c2)CC1)NC1CC=CC1. The molecule has 5 nitrogen and oxygen atoms in total. The summed E-state index contributed by atoms with van der Waals surface area (Å²) in [7, 11) is 1.84. The van der Waals surface area contributed by atoms with Crippen LogP contribution in [-0.4, -0.2) is 63.2 Å². The van der Waals surface area contributed by atoms with E-state index in [0.29, 0.717) is 6.04 Å². The molecule has 1 aromatic rings. The van der Waals surface area contributed by atoms with Crippen molar-refractivity contribution >= 4 is 23.2 Å². The Kier molecular flexibility index (Phi) is 7.21. The Morgan fingerprint density at radius 3 is 2.65 bits per heavy atom. The van der Waals surface area contributed by atoms with Crippen molar-refractivity contribution in [1.82, 2.24) is 15.5 Å². The molecule has 1 aliphatic heterocycles. The molecule has 1 fully saturated rings. The number of nitrogens with zero attached hydrogens (tertiary/aromatic N) is 3. The van der Waals surface area contributed by atoms with E-state index in [1.54, 1.807) is 0 Å². The van der Waals surface area contributed by atoms with Gasteiger partial charge >= 0.3 is 0 Å². The van der Waals surface area contributed by atoms with Gasteiger partial charge in [-0.3, -0.25) is 9.89 Å². The van der Waals surface area contributed by atoms with Gasteiger partial charge in [0.1, 0.15) is 0 Å². The van der Waals surface area contributed by atoms with Crippen LogP contribution in [0.2, 0.25) is 5.02 Å². The second-order valence-corrected chi connectivity index (χ2v) is 7.38. The summed E-state index contributed by atoms with van der Waals surface area (Å²) in [4.78, 5) is 9.28. The molecule has 0 spiro atoms. The highest BCUT2D eigenvalue weighted by molar-refractivity contribution is 6.30. The molecule has 0 bridgehead atoms. The Morgan fingerprint density at radius 2 is 1.96 bits per heavy atom. The van der Waals surface area contributed by atoms with Gasteiger partial charge < -0.3 is 15.5 Å². The second-order valence-electron chi connectivity index (χ2n) is 6.95. The van der Waals surface area contributed by atoms with Crippen LogP contribution in [0.1, 0.15) is 19.3 Å². The number of rotatable bonds is 6. The molecule has 3 rings (SSSR count). The third-order valence-corrected chi connectivity index (χ3v) is 5.30. The molecule has 6 heteroatoms. The zero-order chi connectivity index (χ0) is 18.2. The fourth-order valence-electron chi connectivity index (χ4n) is 3.53. The quantitative estimate of drug-likeness (QED) is 0.347. The van der Waals surface area contributed by atoms with Gasteiger partial charge in [0.2, 0.25) is 0 Å². The van der Waals surface area contributed by atoms with Crippen molar-refractivity contribution in [3.63, 3.8) is 0 Å². The van der Waals surface area contributed by atoms with E-state index in [-0.39, 0.29) is 0 Å². The van der Waals surface area contributed by atoms with Crippen LogP contribution in [0.25, 0.3) is 0 Å². The summed E-state index contributed by atoms with van der Waals surface area (Å²) in [5.41, 5.74) is 1.23. The fourth-order valence-corrected chi connectivity index (χ4v) is 3.72. The van der Waals surface area contributed by atoms with Gasteiger partial charge in [-0.1, -0.05) is 29.8 Å². The highest BCUT2D eigenvalue weighted by Crippen LogP contribution is 2.20. The molecule has 0 aromatic heterocycles. The normalized spacial score (nSPS) is 19.2.